The molecule has 0 saturated carbocycles. The van der Waals surface area contributed by atoms with Crippen LogP contribution < -0.4 is 15.1 Å². The summed E-state index contributed by atoms with van der Waals surface area (Å²) in [4.78, 5) is 29.1. The van der Waals surface area contributed by atoms with E-state index >= 15 is 0 Å². The van der Waals surface area contributed by atoms with Crippen LogP contribution >= 0.6 is 0 Å². The smallest absolute Gasteiger partial charge is 0.295 e. The van der Waals surface area contributed by atoms with Crippen molar-refractivity contribution in [3.05, 3.63) is 105 Å². The Hall–Kier alpha value is -3.86. The van der Waals surface area contributed by atoms with Gasteiger partial charge < -0.3 is 9.15 Å². The third kappa shape index (κ3) is 4.23. The highest BCUT2D eigenvalue weighted by Gasteiger charge is 2.43. The number of aryl methyl sites for hydroxylation is 2. The lowest BCUT2D eigenvalue weighted by Gasteiger charge is -2.25. The molecule has 0 radical (unpaired) electrons. The zero-order valence-electron chi connectivity index (χ0n) is 20.3. The summed E-state index contributed by atoms with van der Waals surface area (Å²) in [7, 11) is 0. The Kier molecular flexibility index (Phi) is 6.16. The Balaban J connectivity index is 1.63. The molecule has 1 unspecified atom stereocenters. The van der Waals surface area contributed by atoms with Crippen LogP contribution in [-0.2, 0) is 0 Å². The van der Waals surface area contributed by atoms with E-state index in [4.69, 9.17) is 9.15 Å². The molecule has 3 aromatic carbocycles. The van der Waals surface area contributed by atoms with E-state index in [-0.39, 0.29) is 17.1 Å². The van der Waals surface area contributed by atoms with Gasteiger partial charge in [-0.2, -0.15) is 0 Å². The van der Waals surface area contributed by atoms with Crippen molar-refractivity contribution in [2.24, 2.45) is 0 Å². The van der Waals surface area contributed by atoms with Crippen LogP contribution in [0.4, 0.5) is 5.69 Å². The van der Waals surface area contributed by atoms with Gasteiger partial charge in [0.25, 0.3) is 5.91 Å². The maximum absolute atomic E-state index is 13.8. The molecule has 35 heavy (non-hydrogen) atoms. The highest BCUT2D eigenvalue weighted by Crippen LogP contribution is 2.41. The van der Waals surface area contributed by atoms with E-state index in [0.29, 0.717) is 23.1 Å². The van der Waals surface area contributed by atoms with E-state index in [0.717, 1.165) is 47.4 Å². The van der Waals surface area contributed by atoms with Crippen LogP contribution in [0.25, 0.3) is 11.0 Å². The fraction of sp³-hybridized carbons (Fsp3) is 0.267. The van der Waals surface area contributed by atoms with Gasteiger partial charge in [0.15, 0.2) is 5.43 Å². The molecule has 5 nitrogen and oxygen atoms in total. The number of amides is 1. The molecule has 4 aromatic rings. The molecule has 5 heteroatoms. The lowest BCUT2D eigenvalue weighted by molar-refractivity contribution is 0.0971. The van der Waals surface area contributed by atoms with Crippen LogP contribution in [0, 0.1) is 13.8 Å². The van der Waals surface area contributed by atoms with E-state index < -0.39 is 6.04 Å². The van der Waals surface area contributed by atoms with Crippen LogP contribution in [-0.4, -0.2) is 12.5 Å². The molecular formula is C30H29NO4. The molecule has 2 heterocycles. The lowest BCUT2D eigenvalue weighted by atomic mass is 9.97. The molecule has 0 aliphatic carbocycles. The van der Waals surface area contributed by atoms with E-state index in [1.54, 1.807) is 11.0 Å². The number of unbranched alkanes of at least 4 members (excludes halogenated alkanes) is 2. The molecule has 0 saturated heterocycles. The summed E-state index contributed by atoms with van der Waals surface area (Å²) in [6.45, 7) is 6.75. The van der Waals surface area contributed by atoms with E-state index in [2.05, 4.69) is 6.92 Å². The Morgan fingerprint density at radius 2 is 1.69 bits per heavy atom. The van der Waals surface area contributed by atoms with Gasteiger partial charge in [-0.15, -0.1) is 0 Å². The van der Waals surface area contributed by atoms with Gasteiger partial charge >= 0.3 is 0 Å². The number of nitrogens with zero attached hydrogens (tertiary/aromatic N) is 1. The number of rotatable bonds is 7. The first-order chi connectivity index (χ1) is 17.0. The second-order valence-corrected chi connectivity index (χ2v) is 9.21. The van der Waals surface area contributed by atoms with E-state index in [1.807, 2.05) is 74.5 Å². The number of anilines is 1. The van der Waals surface area contributed by atoms with Gasteiger partial charge in [-0.3, -0.25) is 14.5 Å². The molecule has 5 rings (SSSR count). The summed E-state index contributed by atoms with van der Waals surface area (Å²) in [5.41, 5.74) is 4.19. The number of carbonyl (C=O) groups excluding carboxylic acids is 1. The van der Waals surface area contributed by atoms with Gasteiger partial charge in [0.05, 0.1) is 23.6 Å². The molecule has 1 aliphatic heterocycles. The molecule has 0 fully saturated rings. The topological polar surface area (TPSA) is 59.8 Å². The summed E-state index contributed by atoms with van der Waals surface area (Å²) in [6.07, 6.45) is 3.29. The van der Waals surface area contributed by atoms with Crippen molar-refractivity contribution in [3.63, 3.8) is 0 Å². The zero-order chi connectivity index (χ0) is 24.5. The van der Waals surface area contributed by atoms with Crippen molar-refractivity contribution in [1.82, 2.24) is 0 Å². The average molecular weight is 468 g/mol. The van der Waals surface area contributed by atoms with Gasteiger partial charge in [0.2, 0.25) is 5.76 Å². The summed E-state index contributed by atoms with van der Waals surface area (Å²) >= 11 is 0. The number of hydrogen-bond acceptors (Lipinski definition) is 4. The van der Waals surface area contributed by atoms with Crippen molar-refractivity contribution in [2.45, 2.75) is 46.1 Å². The zero-order valence-corrected chi connectivity index (χ0v) is 20.3. The van der Waals surface area contributed by atoms with Gasteiger partial charge in [0.1, 0.15) is 11.3 Å². The summed E-state index contributed by atoms with van der Waals surface area (Å²) in [6, 6.07) is 20.3. The third-order valence-electron chi connectivity index (χ3n) is 6.52. The number of fused-ring (bicyclic) bond motifs is 2. The SMILES string of the molecule is CCCCCOc1ccc(C2c3c(oc4ccc(C)cc4c3=O)C(=O)N2c2cccc(C)c2)cc1. The van der Waals surface area contributed by atoms with Crippen LogP contribution in [0.3, 0.4) is 0 Å². The molecule has 0 spiro atoms. The van der Waals surface area contributed by atoms with Crippen molar-refractivity contribution in [3.8, 4) is 5.75 Å². The van der Waals surface area contributed by atoms with Gasteiger partial charge in [-0.1, -0.05) is 55.7 Å². The van der Waals surface area contributed by atoms with E-state index in [9.17, 15) is 9.59 Å². The largest absolute Gasteiger partial charge is 0.494 e. The van der Waals surface area contributed by atoms with Crippen molar-refractivity contribution in [1.29, 1.82) is 0 Å². The molecule has 1 atom stereocenters. The maximum atomic E-state index is 13.8. The first kappa shape index (κ1) is 22.9. The minimum atomic E-state index is -0.588. The molecule has 1 amide bonds. The molecule has 1 aromatic heterocycles. The Labute approximate surface area is 205 Å². The van der Waals surface area contributed by atoms with Crippen molar-refractivity contribution in [2.75, 3.05) is 11.5 Å². The van der Waals surface area contributed by atoms with Crippen molar-refractivity contribution < 1.29 is 13.9 Å². The van der Waals surface area contributed by atoms with Crippen LogP contribution in [0.5, 0.6) is 5.75 Å². The second kappa shape index (κ2) is 9.41. The quantitative estimate of drug-likeness (QED) is 0.283. The first-order valence-electron chi connectivity index (χ1n) is 12.2. The summed E-state index contributed by atoms with van der Waals surface area (Å²) in [5, 5.41) is 0.489. The molecule has 0 bridgehead atoms. The Morgan fingerprint density at radius 3 is 2.43 bits per heavy atom. The second-order valence-electron chi connectivity index (χ2n) is 9.21. The fourth-order valence-electron chi connectivity index (χ4n) is 4.73. The average Bonchev–Trinajstić information content (AvgIpc) is 3.15. The molecule has 0 N–H and O–H groups in total. The predicted molar refractivity (Wildman–Crippen MR) is 139 cm³/mol. The van der Waals surface area contributed by atoms with Crippen molar-refractivity contribution >= 4 is 22.6 Å². The van der Waals surface area contributed by atoms with Gasteiger partial charge in [-0.05, 0) is 67.8 Å². The van der Waals surface area contributed by atoms with Crippen LogP contribution in [0.1, 0.15) is 65.0 Å². The van der Waals surface area contributed by atoms with Crippen LogP contribution in [0.2, 0.25) is 0 Å². The van der Waals surface area contributed by atoms with Gasteiger partial charge in [-0.25, -0.2) is 0 Å². The Morgan fingerprint density at radius 1 is 0.914 bits per heavy atom. The minimum Gasteiger partial charge on any atom is -0.494 e. The lowest BCUT2D eigenvalue weighted by Crippen LogP contribution is -2.29. The summed E-state index contributed by atoms with van der Waals surface area (Å²) in [5.74, 6) is 0.575. The minimum absolute atomic E-state index is 0.109. The molecule has 178 valence electrons. The number of ether oxygens (including phenoxy) is 1. The summed E-state index contributed by atoms with van der Waals surface area (Å²) < 4.78 is 11.9. The Bertz CT molecular complexity index is 1450. The number of benzene rings is 3. The predicted octanol–water partition coefficient (Wildman–Crippen LogP) is 6.73. The van der Waals surface area contributed by atoms with E-state index in [1.165, 1.54) is 0 Å². The number of carbonyl (C=O) groups is 1. The first-order valence-corrected chi connectivity index (χ1v) is 12.2. The molecular weight excluding hydrogens is 438 g/mol. The molecule has 1 aliphatic rings. The maximum Gasteiger partial charge on any atom is 0.295 e. The highest BCUT2D eigenvalue weighted by atomic mass is 16.5. The third-order valence-corrected chi connectivity index (χ3v) is 6.52. The highest BCUT2D eigenvalue weighted by molar-refractivity contribution is 6.10. The monoisotopic (exact) mass is 467 g/mol. The fourth-order valence-corrected chi connectivity index (χ4v) is 4.73. The number of hydrogen-bond donors (Lipinski definition) is 0. The normalized spacial score (nSPS) is 15.0. The van der Waals surface area contributed by atoms with Gasteiger partial charge in [0, 0.05) is 5.69 Å². The van der Waals surface area contributed by atoms with Crippen LogP contribution in [0.15, 0.2) is 75.9 Å². The standard InChI is InChI=1S/C30H29NO4/c1-4-5-6-16-34-23-13-11-21(12-14-23)27-26-28(32)24-18-20(3)10-15-25(24)35-29(26)30(33)31(27)22-9-7-8-19(2)17-22/h7-15,17-18,27H,4-6,16H2,1-3H3.